The summed E-state index contributed by atoms with van der Waals surface area (Å²) in [6, 6.07) is 0. The van der Waals surface area contributed by atoms with E-state index in [1.807, 2.05) is 12.5 Å². The predicted molar refractivity (Wildman–Crippen MR) is 50.6 cm³/mol. The molecule has 1 aromatic rings. The molecule has 5 heteroatoms. The second-order valence-corrected chi connectivity index (χ2v) is 4.75. The Labute approximate surface area is 74.5 Å². The van der Waals surface area contributed by atoms with E-state index >= 15 is 0 Å². The molecule has 1 aromatic heterocycles. The Hall–Kier alpha value is -0.160. The van der Waals surface area contributed by atoms with Gasteiger partial charge in [-0.1, -0.05) is 29.9 Å². The third-order valence-electron chi connectivity index (χ3n) is 1.23. The van der Waals surface area contributed by atoms with Crippen molar-refractivity contribution in [1.29, 1.82) is 0 Å². The molecular weight excluding hydrogens is 178 g/mol. The summed E-state index contributed by atoms with van der Waals surface area (Å²) in [4.78, 5) is 0. The molecule has 3 nitrogen and oxygen atoms in total. The van der Waals surface area contributed by atoms with Gasteiger partial charge in [-0.2, -0.15) is 4.09 Å². The molecule has 0 aromatic carbocycles. The average molecular weight is 189 g/mol. The van der Waals surface area contributed by atoms with Gasteiger partial charge in [0.25, 0.3) is 0 Å². The van der Waals surface area contributed by atoms with Gasteiger partial charge in [-0.05, 0) is 12.2 Å². The third kappa shape index (κ3) is 2.41. The number of rotatable bonds is 3. The van der Waals surface area contributed by atoms with Crippen LogP contribution in [-0.4, -0.2) is 20.7 Å². The van der Waals surface area contributed by atoms with Gasteiger partial charge in [-0.25, -0.2) is 0 Å². The van der Waals surface area contributed by atoms with Crippen LogP contribution in [0.4, 0.5) is 0 Å². The first kappa shape index (κ1) is 8.93. The lowest BCUT2D eigenvalue weighted by Gasteiger charge is -1.94. The van der Waals surface area contributed by atoms with Crippen LogP contribution in [0.1, 0.15) is 25.5 Å². The molecule has 0 spiro atoms. The summed E-state index contributed by atoms with van der Waals surface area (Å²) in [7, 11) is 3.23. The average Bonchev–Trinajstić information content (AvgIpc) is 2.37. The Morgan fingerprint density at radius 2 is 2.27 bits per heavy atom. The van der Waals surface area contributed by atoms with Crippen molar-refractivity contribution in [2.45, 2.75) is 19.8 Å². The van der Waals surface area contributed by atoms with E-state index in [4.69, 9.17) is 0 Å². The van der Waals surface area contributed by atoms with Crippen LogP contribution < -0.4 is 0 Å². The molecule has 0 unspecified atom stereocenters. The van der Waals surface area contributed by atoms with Gasteiger partial charge in [-0.15, -0.1) is 5.10 Å². The summed E-state index contributed by atoms with van der Waals surface area (Å²) >= 11 is 0. The zero-order chi connectivity index (χ0) is 8.27. The van der Waals surface area contributed by atoms with E-state index in [0.717, 1.165) is 5.69 Å². The zero-order valence-electron chi connectivity index (χ0n) is 6.81. The first-order valence-electron chi connectivity index (χ1n) is 3.37. The van der Waals surface area contributed by atoms with Gasteiger partial charge in [0.15, 0.2) is 0 Å². The lowest BCUT2D eigenvalue weighted by atomic mass is 10.2. The molecule has 0 bridgehead atoms. The van der Waals surface area contributed by atoms with Crippen molar-refractivity contribution >= 4 is 21.8 Å². The molecule has 0 radical (unpaired) electrons. The zero-order valence-corrected chi connectivity index (χ0v) is 8.45. The topological polar surface area (TPSA) is 30.7 Å². The van der Waals surface area contributed by atoms with Crippen molar-refractivity contribution < 1.29 is 0 Å². The van der Waals surface area contributed by atoms with Crippen molar-refractivity contribution in [3.05, 3.63) is 11.9 Å². The van der Waals surface area contributed by atoms with E-state index in [1.54, 1.807) is 25.9 Å². The maximum absolute atomic E-state index is 4.01. The summed E-state index contributed by atoms with van der Waals surface area (Å²) in [5.74, 6) is 0.464. The fraction of sp³-hybridized carbons (Fsp3) is 0.667. The fourth-order valence-electron chi connectivity index (χ4n) is 0.638. The largest absolute Gasteiger partial charge is 0.183 e. The van der Waals surface area contributed by atoms with Crippen molar-refractivity contribution in [3.63, 3.8) is 0 Å². The van der Waals surface area contributed by atoms with Crippen LogP contribution in [-0.2, 0) is 0 Å². The Morgan fingerprint density at radius 3 is 2.73 bits per heavy atom. The molecule has 0 aliphatic rings. The van der Waals surface area contributed by atoms with E-state index in [2.05, 4.69) is 24.2 Å². The first-order chi connectivity index (χ1) is 5.24. The van der Waals surface area contributed by atoms with Crippen LogP contribution in [0.5, 0.6) is 0 Å². The highest BCUT2D eigenvalue weighted by atomic mass is 33.1. The number of hydrogen-bond donors (Lipinski definition) is 0. The minimum Gasteiger partial charge on any atom is -0.183 e. The quantitative estimate of drug-likeness (QED) is 0.682. The van der Waals surface area contributed by atoms with Crippen LogP contribution in [0.3, 0.4) is 0 Å². The molecule has 0 N–H and O–H groups in total. The maximum Gasteiger partial charge on any atom is 0.0864 e. The highest BCUT2D eigenvalue weighted by molar-refractivity contribution is 8.75. The molecule has 0 saturated carbocycles. The predicted octanol–water partition coefficient (Wildman–Crippen LogP) is 2.18. The molecule has 1 heterocycles. The molecule has 0 saturated heterocycles. The van der Waals surface area contributed by atoms with Crippen molar-refractivity contribution in [1.82, 2.24) is 14.4 Å². The minimum atomic E-state index is 0.464. The second-order valence-electron chi connectivity index (χ2n) is 2.44. The molecule has 0 amide bonds. The number of aromatic nitrogens is 3. The summed E-state index contributed by atoms with van der Waals surface area (Å²) in [5, 5.41) is 7.95. The highest BCUT2D eigenvalue weighted by Gasteiger charge is 2.03. The summed E-state index contributed by atoms with van der Waals surface area (Å²) in [5.41, 5.74) is 1.05. The summed E-state index contributed by atoms with van der Waals surface area (Å²) in [6.07, 6.45) is 3.98. The lowest BCUT2D eigenvalue weighted by Crippen LogP contribution is -1.85. The van der Waals surface area contributed by atoms with Gasteiger partial charge in [0.2, 0.25) is 0 Å². The van der Waals surface area contributed by atoms with Crippen LogP contribution in [0.2, 0.25) is 0 Å². The summed E-state index contributed by atoms with van der Waals surface area (Å²) < 4.78 is 1.78. The number of hydrogen-bond acceptors (Lipinski definition) is 4. The van der Waals surface area contributed by atoms with E-state index in [1.165, 1.54) is 0 Å². The fourth-order valence-corrected chi connectivity index (χ4v) is 1.68. The van der Waals surface area contributed by atoms with E-state index < -0.39 is 0 Å². The normalized spacial score (nSPS) is 10.9. The van der Waals surface area contributed by atoms with Gasteiger partial charge in [0.1, 0.15) is 0 Å². The van der Waals surface area contributed by atoms with E-state index in [0.29, 0.717) is 5.92 Å². The monoisotopic (exact) mass is 189 g/mol. The summed E-state index contributed by atoms with van der Waals surface area (Å²) in [6.45, 7) is 4.22. The van der Waals surface area contributed by atoms with Gasteiger partial charge in [0, 0.05) is 11.0 Å². The van der Waals surface area contributed by atoms with Gasteiger partial charge >= 0.3 is 0 Å². The van der Waals surface area contributed by atoms with E-state index in [-0.39, 0.29) is 0 Å². The molecule has 11 heavy (non-hydrogen) atoms. The van der Waals surface area contributed by atoms with Crippen LogP contribution in [0.25, 0.3) is 0 Å². The Balaban J connectivity index is 2.66. The SMILES string of the molecule is CSSn1cc(C(C)C)nn1. The molecule has 0 aliphatic heterocycles. The lowest BCUT2D eigenvalue weighted by molar-refractivity contribution is 0.800. The Bertz CT molecular complexity index is 221. The molecule has 0 fully saturated rings. The molecular formula is C6H11N3S2. The molecule has 62 valence electrons. The van der Waals surface area contributed by atoms with Gasteiger partial charge in [0.05, 0.1) is 11.9 Å². The van der Waals surface area contributed by atoms with Crippen LogP contribution in [0, 0.1) is 0 Å². The van der Waals surface area contributed by atoms with Crippen LogP contribution in [0.15, 0.2) is 6.20 Å². The smallest absolute Gasteiger partial charge is 0.0864 e. The van der Waals surface area contributed by atoms with Crippen LogP contribution >= 0.6 is 21.8 Å². The standard InChI is InChI=1S/C6H11N3S2/c1-5(2)6-4-9(8-7-6)11-10-3/h4-5H,1-3H3. The highest BCUT2D eigenvalue weighted by Crippen LogP contribution is 2.20. The first-order valence-corrected chi connectivity index (χ1v) is 5.89. The maximum atomic E-state index is 4.01. The van der Waals surface area contributed by atoms with Crippen molar-refractivity contribution in [3.8, 4) is 0 Å². The molecule has 0 aliphatic carbocycles. The second kappa shape index (κ2) is 4.01. The molecule has 0 atom stereocenters. The molecule has 1 rings (SSSR count). The Kier molecular flexibility index (Phi) is 3.26. The van der Waals surface area contributed by atoms with Crippen molar-refractivity contribution in [2.24, 2.45) is 0 Å². The Morgan fingerprint density at radius 1 is 1.55 bits per heavy atom. The van der Waals surface area contributed by atoms with Gasteiger partial charge < -0.3 is 0 Å². The number of nitrogens with zero attached hydrogens (tertiary/aromatic N) is 3. The van der Waals surface area contributed by atoms with Crippen molar-refractivity contribution in [2.75, 3.05) is 6.26 Å². The third-order valence-corrected chi connectivity index (χ3v) is 2.62. The van der Waals surface area contributed by atoms with E-state index in [9.17, 15) is 0 Å². The minimum absolute atomic E-state index is 0.464. The van der Waals surface area contributed by atoms with Gasteiger partial charge in [-0.3, -0.25) is 0 Å².